The Kier molecular flexibility index (Phi) is 4.09. The minimum atomic E-state index is -0.738. The predicted molar refractivity (Wildman–Crippen MR) is 78.9 cm³/mol. The second-order valence-electron chi connectivity index (χ2n) is 7.06. The fraction of sp³-hybridized carbons (Fsp3) is 0.875. The zero-order valence-electron chi connectivity index (χ0n) is 12.8. The molecule has 1 saturated heterocycles. The molecule has 0 aromatic heterocycles. The van der Waals surface area contributed by atoms with Gasteiger partial charge in [-0.15, -0.1) is 0 Å². The van der Waals surface area contributed by atoms with Gasteiger partial charge in [-0.05, 0) is 49.9 Å². The molecule has 5 nitrogen and oxygen atoms in total. The van der Waals surface area contributed by atoms with Crippen molar-refractivity contribution in [1.29, 1.82) is 0 Å². The van der Waals surface area contributed by atoms with E-state index in [1.807, 2.05) is 4.90 Å². The maximum Gasteiger partial charge on any atom is 0.317 e. The fourth-order valence-corrected chi connectivity index (χ4v) is 4.75. The van der Waals surface area contributed by atoms with Crippen LogP contribution in [0.15, 0.2) is 0 Å². The van der Waals surface area contributed by atoms with Crippen molar-refractivity contribution in [3.8, 4) is 0 Å². The molecule has 1 heterocycles. The third-order valence-corrected chi connectivity index (χ3v) is 5.76. The van der Waals surface area contributed by atoms with E-state index < -0.39 is 5.97 Å². The second kappa shape index (κ2) is 5.85. The van der Waals surface area contributed by atoms with E-state index in [0.717, 1.165) is 45.2 Å². The summed E-state index contributed by atoms with van der Waals surface area (Å²) in [6.45, 7) is 3.82. The summed E-state index contributed by atoms with van der Waals surface area (Å²) >= 11 is 0. The van der Waals surface area contributed by atoms with Crippen molar-refractivity contribution in [2.75, 3.05) is 13.1 Å². The topological polar surface area (TPSA) is 69.6 Å². The van der Waals surface area contributed by atoms with E-state index in [2.05, 4.69) is 12.2 Å². The summed E-state index contributed by atoms with van der Waals surface area (Å²) in [6.07, 6.45) is 6.47. The molecule has 2 saturated carbocycles. The fourth-order valence-electron chi connectivity index (χ4n) is 4.75. The number of hydrogen-bond donors (Lipinski definition) is 2. The van der Waals surface area contributed by atoms with Gasteiger partial charge in [0.2, 0.25) is 0 Å². The van der Waals surface area contributed by atoms with E-state index in [1.54, 1.807) is 0 Å². The summed E-state index contributed by atoms with van der Waals surface area (Å²) in [5, 5.41) is 12.5. The van der Waals surface area contributed by atoms with E-state index in [0.29, 0.717) is 11.8 Å². The summed E-state index contributed by atoms with van der Waals surface area (Å²) in [5.41, 5.74) is 0. The smallest absolute Gasteiger partial charge is 0.317 e. The maximum atomic E-state index is 12.4. The number of urea groups is 1. The van der Waals surface area contributed by atoms with Crippen LogP contribution in [0.25, 0.3) is 0 Å². The van der Waals surface area contributed by atoms with E-state index in [-0.39, 0.29) is 23.9 Å². The van der Waals surface area contributed by atoms with Gasteiger partial charge in [0.25, 0.3) is 0 Å². The number of fused-ring (bicyclic) bond motifs is 2. The first-order chi connectivity index (χ1) is 10.1. The van der Waals surface area contributed by atoms with Crippen LogP contribution in [0.1, 0.15) is 45.4 Å². The second-order valence-corrected chi connectivity index (χ2v) is 7.06. The number of rotatable bonds is 4. The Morgan fingerprint density at radius 2 is 2.00 bits per heavy atom. The zero-order chi connectivity index (χ0) is 15.0. The van der Waals surface area contributed by atoms with Gasteiger partial charge in [-0.2, -0.15) is 0 Å². The van der Waals surface area contributed by atoms with Gasteiger partial charge in [-0.3, -0.25) is 4.79 Å². The number of carbonyl (C=O) groups excluding carboxylic acids is 1. The first kappa shape index (κ1) is 14.7. The SMILES string of the molecule is CCCC1CCN(C(=O)NC2C3CCC(C3)C2C(=O)O)C1. The number of likely N-dealkylation sites (tertiary alicyclic amines) is 1. The summed E-state index contributed by atoms with van der Waals surface area (Å²) in [4.78, 5) is 25.8. The third-order valence-electron chi connectivity index (χ3n) is 5.76. The lowest BCUT2D eigenvalue weighted by Gasteiger charge is -2.30. The van der Waals surface area contributed by atoms with Crippen molar-refractivity contribution < 1.29 is 14.7 Å². The Bertz CT molecular complexity index is 426. The first-order valence-corrected chi connectivity index (χ1v) is 8.38. The predicted octanol–water partition coefficient (Wildman–Crippen LogP) is 2.32. The molecule has 5 unspecified atom stereocenters. The van der Waals surface area contributed by atoms with Crippen molar-refractivity contribution in [1.82, 2.24) is 10.2 Å². The average Bonchev–Trinajstić information content (AvgIpc) is 3.13. The average molecular weight is 294 g/mol. The van der Waals surface area contributed by atoms with E-state index in [4.69, 9.17) is 0 Å². The molecule has 1 aliphatic heterocycles. The maximum absolute atomic E-state index is 12.4. The van der Waals surface area contributed by atoms with Gasteiger partial charge in [0.05, 0.1) is 5.92 Å². The molecule has 2 bridgehead atoms. The molecule has 3 aliphatic rings. The molecule has 0 aromatic rings. The molecule has 0 radical (unpaired) electrons. The molecule has 3 fully saturated rings. The number of nitrogens with one attached hydrogen (secondary N) is 1. The lowest BCUT2D eigenvalue weighted by molar-refractivity contribution is -0.144. The number of amides is 2. The Morgan fingerprint density at radius 1 is 1.24 bits per heavy atom. The molecule has 3 rings (SSSR count). The Hall–Kier alpha value is -1.26. The standard InChI is InChI=1S/C16H26N2O3/c1-2-3-10-6-7-18(9-10)16(21)17-14-12-5-4-11(8-12)13(14)15(19)20/h10-14H,2-9H2,1H3,(H,17,21)(H,19,20). The quantitative estimate of drug-likeness (QED) is 0.836. The number of nitrogens with zero attached hydrogens (tertiary/aromatic N) is 1. The minimum Gasteiger partial charge on any atom is -0.481 e. The molecule has 2 aliphatic carbocycles. The van der Waals surface area contributed by atoms with Gasteiger partial charge in [-0.1, -0.05) is 13.3 Å². The number of aliphatic carboxylic acids is 1. The summed E-state index contributed by atoms with van der Waals surface area (Å²) in [7, 11) is 0. The Labute approximate surface area is 126 Å². The van der Waals surface area contributed by atoms with Crippen molar-refractivity contribution >= 4 is 12.0 Å². The van der Waals surface area contributed by atoms with Crippen LogP contribution in [-0.2, 0) is 4.79 Å². The summed E-state index contributed by atoms with van der Waals surface area (Å²) in [5.74, 6) is 0.147. The highest BCUT2D eigenvalue weighted by molar-refractivity contribution is 5.78. The van der Waals surface area contributed by atoms with Crippen LogP contribution < -0.4 is 5.32 Å². The number of carboxylic acids is 1. The van der Waals surface area contributed by atoms with Gasteiger partial charge < -0.3 is 15.3 Å². The highest BCUT2D eigenvalue weighted by Gasteiger charge is 2.51. The number of carbonyl (C=O) groups is 2. The molecule has 2 N–H and O–H groups in total. The highest BCUT2D eigenvalue weighted by Crippen LogP contribution is 2.48. The number of hydrogen-bond acceptors (Lipinski definition) is 2. The normalized spacial score (nSPS) is 38.0. The molecule has 118 valence electrons. The Morgan fingerprint density at radius 3 is 2.71 bits per heavy atom. The van der Waals surface area contributed by atoms with Crippen LogP contribution in [0, 0.1) is 23.7 Å². The molecule has 21 heavy (non-hydrogen) atoms. The summed E-state index contributed by atoms with van der Waals surface area (Å²) in [6, 6.07) is -0.198. The van der Waals surface area contributed by atoms with Gasteiger partial charge in [0.1, 0.15) is 0 Å². The molecular weight excluding hydrogens is 268 g/mol. The number of carboxylic acid groups (broad SMARTS) is 1. The van der Waals surface area contributed by atoms with Crippen LogP contribution in [0.4, 0.5) is 4.79 Å². The van der Waals surface area contributed by atoms with Crippen LogP contribution in [0.5, 0.6) is 0 Å². The van der Waals surface area contributed by atoms with Crippen LogP contribution >= 0.6 is 0 Å². The van der Waals surface area contributed by atoms with Crippen LogP contribution in [-0.4, -0.2) is 41.1 Å². The molecule has 5 heteroatoms. The lowest BCUT2D eigenvalue weighted by atomic mass is 9.84. The van der Waals surface area contributed by atoms with Crippen LogP contribution in [0.3, 0.4) is 0 Å². The van der Waals surface area contributed by atoms with Gasteiger partial charge in [-0.25, -0.2) is 4.79 Å². The van der Waals surface area contributed by atoms with E-state index in [9.17, 15) is 14.7 Å². The van der Waals surface area contributed by atoms with E-state index in [1.165, 1.54) is 6.42 Å². The summed E-state index contributed by atoms with van der Waals surface area (Å²) < 4.78 is 0. The molecule has 5 atom stereocenters. The monoisotopic (exact) mass is 294 g/mol. The molecule has 2 amide bonds. The molecular formula is C16H26N2O3. The minimum absolute atomic E-state index is 0.0441. The first-order valence-electron chi connectivity index (χ1n) is 8.38. The molecule has 0 aromatic carbocycles. The van der Waals surface area contributed by atoms with Crippen molar-refractivity contribution in [3.05, 3.63) is 0 Å². The van der Waals surface area contributed by atoms with Crippen molar-refractivity contribution in [2.45, 2.75) is 51.5 Å². The third kappa shape index (κ3) is 2.74. The zero-order valence-corrected chi connectivity index (χ0v) is 12.8. The van der Waals surface area contributed by atoms with Crippen molar-refractivity contribution in [2.24, 2.45) is 23.7 Å². The Balaban J connectivity index is 1.58. The van der Waals surface area contributed by atoms with E-state index >= 15 is 0 Å². The van der Waals surface area contributed by atoms with Gasteiger partial charge >= 0.3 is 12.0 Å². The van der Waals surface area contributed by atoms with Gasteiger partial charge in [0.15, 0.2) is 0 Å². The molecule has 0 spiro atoms. The van der Waals surface area contributed by atoms with Gasteiger partial charge in [0, 0.05) is 19.1 Å². The van der Waals surface area contributed by atoms with Crippen molar-refractivity contribution in [3.63, 3.8) is 0 Å². The lowest BCUT2D eigenvalue weighted by Crippen LogP contribution is -2.51. The largest absolute Gasteiger partial charge is 0.481 e. The highest BCUT2D eigenvalue weighted by atomic mass is 16.4. The van der Waals surface area contributed by atoms with Crippen LogP contribution in [0.2, 0.25) is 0 Å².